The van der Waals surface area contributed by atoms with Gasteiger partial charge in [0.15, 0.2) is 0 Å². The summed E-state index contributed by atoms with van der Waals surface area (Å²) in [7, 11) is 0. The normalized spacial score (nSPS) is 17.7. The molecule has 4 rings (SSSR count). The number of rotatable bonds is 2. The number of hydrogen-bond donors (Lipinski definition) is 0. The van der Waals surface area contributed by atoms with Crippen LogP contribution in [0.25, 0.3) is 5.78 Å². The molecule has 6 nitrogen and oxygen atoms in total. The first-order chi connectivity index (χ1) is 12.5. The molecule has 1 saturated heterocycles. The maximum atomic E-state index is 14.1. The van der Waals surface area contributed by atoms with Crippen LogP contribution in [0.15, 0.2) is 30.6 Å². The van der Waals surface area contributed by atoms with E-state index in [0.717, 1.165) is 24.2 Å². The van der Waals surface area contributed by atoms with E-state index in [-0.39, 0.29) is 22.4 Å². The van der Waals surface area contributed by atoms with E-state index in [1.807, 2.05) is 13.0 Å². The molecule has 1 amide bonds. The number of halogens is 2. The second-order valence-electron chi connectivity index (χ2n) is 6.51. The van der Waals surface area contributed by atoms with E-state index in [2.05, 4.69) is 15.1 Å². The molecule has 3 aromatic rings. The number of amides is 1. The molecule has 134 valence electrons. The highest BCUT2D eigenvalue weighted by molar-refractivity contribution is 6.30. The Bertz CT molecular complexity index is 989. The number of likely N-dealkylation sites (tertiary alicyclic amines) is 1. The number of aryl methyl sites for hydroxylation is 1. The topological polar surface area (TPSA) is 63.4 Å². The van der Waals surface area contributed by atoms with Gasteiger partial charge in [-0.05, 0) is 44.0 Å². The molecule has 0 saturated carbocycles. The van der Waals surface area contributed by atoms with E-state index >= 15 is 0 Å². The van der Waals surface area contributed by atoms with Crippen molar-refractivity contribution >= 4 is 23.3 Å². The summed E-state index contributed by atoms with van der Waals surface area (Å²) in [5.74, 6) is -0.270. The van der Waals surface area contributed by atoms with Gasteiger partial charge in [0.2, 0.25) is 0 Å². The third-order valence-corrected chi connectivity index (χ3v) is 4.93. The molecule has 1 aliphatic heterocycles. The largest absolute Gasteiger partial charge is 0.338 e. The van der Waals surface area contributed by atoms with E-state index in [0.29, 0.717) is 18.9 Å². The Hall–Kier alpha value is -2.54. The first-order valence-electron chi connectivity index (χ1n) is 8.44. The zero-order valence-corrected chi connectivity index (χ0v) is 14.9. The highest BCUT2D eigenvalue weighted by Gasteiger charge is 2.28. The van der Waals surface area contributed by atoms with E-state index in [4.69, 9.17) is 11.6 Å². The molecule has 1 unspecified atom stereocenters. The minimum absolute atomic E-state index is 0.0480. The van der Waals surface area contributed by atoms with E-state index in [9.17, 15) is 9.18 Å². The highest BCUT2D eigenvalue weighted by atomic mass is 35.5. The number of nitrogens with zero attached hydrogens (tertiary/aromatic N) is 5. The van der Waals surface area contributed by atoms with Gasteiger partial charge in [0.25, 0.3) is 11.7 Å². The second kappa shape index (κ2) is 6.64. The molecule has 0 N–H and O–H groups in total. The van der Waals surface area contributed by atoms with E-state index in [1.165, 1.54) is 24.5 Å². The first kappa shape index (κ1) is 16.9. The van der Waals surface area contributed by atoms with Gasteiger partial charge in [-0.2, -0.15) is 10.1 Å². The van der Waals surface area contributed by atoms with Gasteiger partial charge in [-0.1, -0.05) is 11.6 Å². The molecule has 0 radical (unpaired) electrons. The maximum absolute atomic E-state index is 14.1. The molecular weight excluding hydrogens is 357 g/mol. The van der Waals surface area contributed by atoms with Crippen molar-refractivity contribution in [3.05, 3.63) is 58.4 Å². The minimum Gasteiger partial charge on any atom is -0.338 e. The Labute approximate surface area is 154 Å². The molecule has 8 heteroatoms. The highest BCUT2D eigenvalue weighted by Crippen LogP contribution is 2.28. The lowest BCUT2D eigenvalue weighted by atomic mass is 9.93. The molecule has 0 spiro atoms. The van der Waals surface area contributed by atoms with Gasteiger partial charge < -0.3 is 4.90 Å². The van der Waals surface area contributed by atoms with Crippen molar-refractivity contribution < 1.29 is 9.18 Å². The summed E-state index contributed by atoms with van der Waals surface area (Å²) < 4.78 is 15.8. The summed E-state index contributed by atoms with van der Waals surface area (Å²) in [5, 5.41) is 4.53. The molecule has 2 aromatic heterocycles. The maximum Gasteiger partial charge on any atom is 0.256 e. The van der Waals surface area contributed by atoms with E-state index < -0.39 is 5.82 Å². The molecule has 1 aliphatic rings. The van der Waals surface area contributed by atoms with Crippen LogP contribution in [0.1, 0.15) is 40.5 Å². The van der Waals surface area contributed by atoms with Crippen LogP contribution in [-0.4, -0.2) is 43.5 Å². The predicted molar refractivity (Wildman–Crippen MR) is 94.8 cm³/mol. The lowest BCUT2D eigenvalue weighted by Crippen LogP contribution is -2.40. The van der Waals surface area contributed by atoms with Crippen molar-refractivity contribution in [1.29, 1.82) is 0 Å². The number of aromatic nitrogens is 4. The van der Waals surface area contributed by atoms with Crippen LogP contribution >= 0.6 is 11.6 Å². The Morgan fingerprint density at radius 3 is 3.00 bits per heavy atom. The van der Waals surface area contributed by atoms with Crippen LogP contribution in [0.5, 0.6) is 0 Å². The number of carbonyl (C=O) groups excluding carboxylic acids is 1. The zero-order chi connectivity index (χ0) is 18.3. The SMILES string of the molecule is Cc1cc(C2CCCN(C(=O)c3ccc(Cl)cc3F)C2)n2ncnc2n1. The second-order valence-corrected chi connectivity index (χ2v) is 6.95. The summed E-state index contributed by atoms with van der Waals surface area (Å²) in [6.45, 7) is 3.01. The molecule has 0 aliphatic carbocycles. The molecule has 1 fully saturated rings. The van der Waals surface area contributed by atoms with Gasteiger partial charge in [0.1, 0.15) is 12.1 Å². The van der Waals surface area contributed by atoms with Crippen molar-refractivity contribution in [2.75, 3.05) is 13.1 Å². The summed E-state index contributed by atoms with van der Waals surface area (Å²) in [4.78, 5) is 23.0. The summed E-state index contributed by atoms with van der Waals surface area (Å²) in [6.07, 6.45) is 3.23. The fourth-order valence-electron chi connectivity index (χ4n) is 3.49. The average molecular weight is 374 g/mol. The minimum atomic E-state index is -0.594. The zero-order valence-electron chi connectivity index (χ0n) is 14.2. The summed E-state index contributed by atoms with van der Waals surface area (Å²) in [5.41, 5.74) is 1.87. The first-order valence-corrected chi connectivity index (χ1v) is 8.82. The van der Waals surface area contributed by atoms with Gasteiger partial charge in [0, 0.05) is 29.7 Å². The van der Waals surface area contributed by atoms with Crippen LogP contribution in [0.3, 0.4) is 0 Å². The number of hydrogen-bond acceptors (Lipinski definition) is 4. The Kier molecular flexibility index (Phi) is 4.32. The Balaban J connectivity index is 1.63. The van der Waals surface area contributed by atoms with Crippen molar-refractivity contribution in [2.45, 2.75) is 25.7 Å². The van der Waals surface area contributed by atoms with E-state index in [1.54, 1.807) is 9.42 Å². The van der Waals surface area contributed by atoms with Gasteiger partial charge in [-0.25, -0.2) is 13.9 Å². The number of fused-ring (bicyclic) bond motifs is 1. The van der Waals surface area contributed by atoms with Crippen LogP contribution < -0.4 is 0 Å². The molecule has 3 heterocycles. The standard InChI is InChI=1S/C18H17ClFN5O/c1-11-7-16(25-18(23-11)21-10-22-25)12-3-2-6-24(9-12)17(26)14-5-4-13(19)8-15(14)20/h4-5,7-8,10,12H,2-3,6,9H2,1H3. The van der Waals surface area contributed by atoms with Crippen molar-refractivity contribution in [1.82, 2.24) is 24.5 Å². The summed E-state index contributed by atoms with van der Waals surface area (Å²) in [6, 6.07) is 6.12. The van der Waals surface area contributed by atoms with Crippen LogP contribution in [0, 0.1) is 12.7 Å². The monoisotopic (exact) mass is 373 g/mol. The molecule has 26 heavy (non-hydrogen) atoms. The molecular formula is C18H17ClFN5O. The lowest BCUT2D eigenvalue weighted by molar-refractivity contribution is 0.0700. The quantitative estimate of drug-likeness (QED) is 0.691. The van der Waals surface area contributed by atoms with Crippen LogP contribution in [0.4, 0.5) is 4.39 Å². The van der Waals surface area contributed by atoms with Crippen molar-refractivity contribution in [3.8, 4) is 0 Å². The lowest BCUT2D eigenvalue weighted by Gasteiger charge is -2.33. The smallest absolute Gasteiger partial charge is 0.256 e. The third kappa shape index (κ3) is 3.03. The average Bonchev–Trinajstić information content (AvgIpc) is 3.09. The fourth-order valence-corrected chi connectivity index (χ4v) is 3.64. The molecule has 1 atom stereocenters. The van der Waals surface area contributed by atoms with Gasteiger partial charge >= 0.3 is 0 Å². The Morgan fingerprint density at radius 2 is 2.19 bits per heavy atom. The molecule has 0 bridgehead atoms. The predicted octanol–water partition coefficient (Wildman–Crippen LogP) is 3.25. The molecule has 1 aromatic carbocycles. The Morgan fingerprint density at radius 1 is 1.35 bits per heavy atom. The van der Waals surface area contributed by atoms with Crippen molar-refractivity contribution in [3.63, 3.8) is 0 Å². The van der Waals surface area contributed by atoms with Gasteiger partial charge in [0.05, 0.1) is 11.3 Å². The van der Waals surface area contributed by atoms with Crippen molar-refractivity contribution in [2.24, 2.45) is 0 Å². The van der Waals surface area contributed by atoms with Crippen LogP contribution in [-0.2, 0) is 0 Å². The van der Waals surface area contributed by atoms with Gasteiger partial charge in [-0.3, -0.25) is 4.79 Å². The number of benzene rings is 1. The van der Waals surface area contributed by atoms with Crippen LogP contribution in [0.2, 0.25) is 5.02 Å². The van der Waals surface area contributed by atoms with Gasteiger partial charge in [-0.15, -0.1) is 0 Å². The third-order valence-electron chi connectivity index (χ3n) is 4.70. The number of carbonyl (C=O) groups is 1. The summed E-state index contributed by atoms with van der Waals surface area (Å²) >= 11 is 5.78. The fraction of sp³-hybridized carbons (Fsp3) is 0.333. The number of piperidine rings is 1.